The Morgan fingerprint density at radius 1 is 1.36 bits per heavy atom. The molecule has 2 heteroatoms. The Bertz CT molecular complexity index is 134. The maximum atomic E-state index is 11.2. The van der Waals surface area contributed by atoms with Crippen molar-refractivity contribution >= 4 is 5.78 Å². The summed E-state index contributed by atoms with van der Waals surface area (Å²) in [5, 5.41) is 9.17. The van der Waals surface area contributed by atoms with Crippen molar-refractivity contribution < 1.29 is 9.90 Å². The van der Waals surface area contributed by atoms with Crippen LogP contribution in [0.25, 0.3) is 0 Å². The Balaban J connectivity index is 2.33. The first kappa shape index (κ1) is 8.72. The van der Waals surface area contributed by atoms with E-state index < -0.39 is 0 Å². The van der Waals surface area contributed by atoms with Crippen LogP contribution in [0.4, 0.5) is 0 Å². The van der Waals surface area contributed by atoms with E-state index in [9.17, 15) is 9.90 Å². The number of carbonyl (C=O) groups is 1. The smallest absolute Gasteiger partial charge is 0.135 e. The average Bonchev–Trinajstić information content (AvgIpc) is 2.05. The van der Waals surface area contributed by atoms with E-state index >= 15 is 0 Å². The third-order valence-electron chi connectivity index (χ3n) is 2.50. The second-order valence-corrected chi connectivity index (χ2v) is 3.33. The van der Waals surface area contributed by atoms with Gasteiger partial charge < -0.3 is 5.11 Å². The SMILES string of the molecule is CCC(=O)[C@H]1CC[C@@H](O)CC1. The van der Waals surface area contributed by atoms with Crippen molar-refractivity contribution in [1.29, 1.82) is 0 Å². The Hall–Kier alpha value is -0.370. The molecule has 64 valence electrons. The minimum absolute atomic E-state index is 0.143. The van der Waals surface area contributed by atoms with Gasteiger partial charge in [-0.15, -0.1) is 0 Å². The van der Waals surface area contributed by atoms with E-state index in [0.717, 1.165) is 25.7 Å². The van der Waals surface area contributed by atoms with E-state index in [1.165, 1.54) is 0 Å². The topological polar surface area (TPSA) is 37.3 Å². The van der Waals surface area contributed by atoms with Crippen molar-refractivity contribution in [3.63, 3.8) is 0 Å². The summed E-state index contributed by atoms with van der Waals surface area (Å²) < 4.78 is 0. The molecule has 0 aromatic heterocycles. The third-order valence-corrected chi connectivity index (χ3v) is 2.50. The normalized spacial score (nSPS) is 31.8. The maximum absolute atomic E-state index is 11.2. The Morgan fingerprint density at radius 2 is 1.91 bits per heavy atom. The van der Waals surface area contributed by atoms with Gasteiger partial charge in [0.25, 0.3) is 0 Å². The molecule has 1 fully saturated rings. The van der Waals surface area contributed by atoms with Gasteiger partial charge in [0, 0.05) is 12.3 Å². The molecule has 0 spiro atoms. The number of carbonyl (C=O) groups excluding carboxylic acids is 1. The number of Topliss-reactive ketones (excluding diaryl/α,β-unsaturated/α-hetero) is 1. The fourth-order valence-corrected chi connectivity index (χ4v) is 1.69. The molecule has 11 heavy (non-hydrogen) atoms. The van der Waals surface area contributed by atoms with Crippen LogP contribution >= 0.6 is 0 Å². The van der Waals surface area contributed by atoms with Crippen molar-refractivity contribution in [2.75, 3.05) is 0 Å². The molecule has 1 aliphatic carbocycles. The number of aliphatic hydroxyl groups excluding tert-OH is 1. The second-order valence-electron chi connectivity index (χ2n) is 3.33. The summed E-state index contributed by atoms with van der Waals surface area (Å²) in [6, 6.07) is 0. The fraction of sp³-hybridized carbons (Fsp3) is 0.889. The molecule has 0 saturated heterocycles. The van der Waals surface area contributed by atoms with Crippen molar-refractivity contribution in [3.05, 3.63) is 0 Å². The first-order valence-corrected chi connectivity index (χ1v) is 4.44. The van der Waals surface area contributed by atoms with Crippen LogP contribution in [-0.4, -0.2) is 17.0 Å². The molecule has 0 atom stereocenters. The summed E-state index contributed by atoms with van der Waals surface area (Å²) in [6.45, 7) is 1.91. The van der Waals surface area contributed by atoms with Crippen LogP contribution in [0.1, 0.15) is 39.0 Å². The summed E-state index contributed by atoms with van der Waals surface area (Å²) >= 11 is 0. The van der Waals surface area contributed by atoms with E-state index in [-0.39, 0.29) is 12.0 Å². The van der Waals surface area contributed by atoms with Crippen LogP contribution in [-0.2, 0) is 4.79 Å². The Kier molecular flexibility index (Phi) is 3.06. The molecule has 0 aliphatic heterocycles. The van der Waals surface area contributed by atoms with E-state index in [1.807, 2.05) is 6.92 Å². The van der Waals surface area contributed by atoms with Gasteiger partial charge >= 0.3 is 0 Å². The molecular weight excluding hydrogens is 140 g/mol. The largest absolute Gasteiger partial charge is 0.393 e. The molecular formula is C9H16O2. The summed E-state index contributed by atoms with van der Waals surface area (Å²) in [5.41, 5.74) is 0. The van der Waals surface area contributed by atoms with Gasteiger partial charge in [0.15, 0.2) is 0 Å². The van der Waals surface area contributed by atoms with Gasteiger partial charge in [0.2, 0.25) is 0 Å². The van der Waals surface area contributed by atoms with Crippen molar-refractivity contribution in [1.82, 2.24) is 0 Å². The summed E-state index contributed by atoms with van der Waals surface area (Å²) in [7, 11) is 0. The first-order valence-electron chi connectivity index (χ1n) is 4.44. The van der Waals surface area contributed by atoms with Crippen LogP contribution in [0, 0.1) is 5.92 Å². The number of hydrogen-bond donors (Lipinski definition) is 1. The van der Waals surface area contributed by atoms with Gasteiger partial charge in [0.1, 0.15) is 5.78 Å². The first-order chi connectivity index (χ1) is 5.24. The molecule has 0 aromatic rings. The van der Waals surface area contributed by atoms with Crippen LogP contribution in [0.3, 0.4) is 0 Å². The molecule has 0 aromatic carbocycles. The van der Waals surface area contributed by atoms with Gasteiger partial charge in [-0.3, -0.25) is 4.79 Å². The van der Waals surface area contributed by atoms with Crippen molar-refractivity contribution in [2.45, 2.75) is 45.1 Å². The zero-order valence-corrected chi connectivity index (χ0v) is 7.05. The lowest BCUT2D eigenvalue weighted by Crippen LogP contribution is -2.23. The van der Waals surface area contributed by atoms with Crippen LogP contribution in [0.2, 0.25) is 0 Å². The lowest BCUT2D eigenvalue weighted by molar-refractivity contribution is -0.124. The molecule has 0 bridgehead atoms. The summed E-state index contributed by atoms with van der Waals surface area (Å²) in [4.78, 5) is 11.2. The summed E-state index contributed by atoms with van der Waals surface area (Å²) in [5.74, 6) is 0.625. The van der Waals surface area contributed by atoms with Gasteiger partial charge in [-0.25, -0.2) is 0 Å². The van der Waals surface area contributed by atoms with Crippen LogP contribution in [0.15, 0.2) is 0 Å². The summed E-state index contributed by atoms with van der Waals surface area (Å²) in [6.07, 6.45) is 3.94. The zero-order valence-electron chi connectivity index (χ0n) is 7.05. The predicted octanol–water partition coefficient (Wildman–Crippen LogP) is 1.52. The average molecular weight is 156 g/mol. The predicted molar refractivity (Wildman–Crippen MR) is 43.3 cm³/mol. The molecule has 2 nitrogen and oxygen atoms in total. The molecule has 0 heterocycles. The van der Waals surface area contributed by atoms with Gasteiger partial charge in [0.05, 0.1) is 6.10 Å². The Labute approximate surface area is 67.6 Å². The van der Waals surface area contributed by atoms with Crippen molar-refractivity contribution in [3.8, 4) is 0 Å². The van der Waals surface area contributed by atoms with Gasteiger partial charge in [-0.2, -0.15) is 0 Å². The number of ketones is 1. The molecule has 0 amide bonds. The van der Waals surface area contributed by atoms with E-state index in [0.29, 0.717) is 12.2 Å². The minimum atomic E-state index is -0.143. The van der Waals surface area contributed by atoms with Gasteiger partial charge in [-0.1, -0.05) is 6.92 Å². The third kappa shape index (κ3) is 2.29. The van der Waals surface area contributed by atoms with Crippen LogP contribution < -0.4 is 0 Å². The Morgan fingerprint density at radius 3 is 2.36 bits per heavy atom. The molecule has 0 radical (unpaired) electrons. The lowest BCUT2D eigenvalue weighted by atomic mass is 9.84. The fourth-order valence-electron chi connectivity index (χ4n) is 1.69. The van der Waals surface area contributed by atoms with E-state index in [1.54, 1.807) is 0 Å². The van der Waals surface area contributed by atoms with E-state index in [4.69, 9.17) is 0 Å². The van der Waals surface area contributed by atoms with E-state index in [2.05, 4.69) is 0 Å². The lowest BCUT2D eigenvalue weighted by Gasteiger charge is -2.23. The number of aliphatic hydroxyl groups is 1. The highest BCUT2D eigenvalue weighted by molar-refractivity contribution is 5.80. The van der Waals surface area contributed by atoms with Crippen molar-refractivity contribution in [2.24, 2.45) is 5.92 Å². The second kappa shape index (κ2) is 3.86. The maximum Gasteiger partial charge on any atom is 0.135 e. The molecule has 1 rings (SSSR count). The monoisotopic (exact) mass is 156 g/mol. The molecule has 1 N–H and O–H groups in total. The quantitative estimate of drug-likeness (QED) is 0.658. The highest BCUT2D eigenvalue weighted by Gasteiger charge is 2.23. The molecule has 1 saturated carbocycles. The molecule has 0 unspecified atom stereocenters. The van der Waals surface area contributed by atoms with Gasteiger partial charge in [-0.05, 0) is 25.7 Å². The van der Waals surface area contributed by atoms with Crippen LogP contribution in [0.5, 0.6) is 0 Å². The number of hydrogen-bond acceptors (Lipinski definition) is 2. The minimum Gasteiger partial charge on any atom is -0.393 e. The highest BCUT2D eigenvalue weighted by atomic mass is 16.3. The standard InChI is InChI=1S/C9H16O2/c1-2-9(11)7-3-5-8(10)6-4-7/h7-8,10H,2-6H2,1H3/t7-,8+. The highest BCUT2D eigenvalue weighted by Crippen LogP contribution is 2.25. The molecule has 1 aliphatic rings. The number of rotatable bonds is 2. The zero-order chi connectivity index (χ0) is 8.27.